The van der Waals surface area contributed by atoms with Gasteiger partial charge in [0.2, 0.25) is 5.91 Å². The third-order valence-corrected chi connectivity index (χ3v) is 3.91. The molecule has 0 radical (unpaired) electrons. The van der Waals surface area contributed by atoms with Crippen molar-refractivity contribution in [2.45, 2.75) is 53.9 Å². The minimum absolute atomic E-state index is 0.135. The lowest BCUT2D eigenvalue weighted by Crippen LogP contribution is -2.38. The van der Waals surface area contributed by atoms with E-state index in [1.54, 1.807) is 0 Å². The molecule has 1 amide bonds. The number of nitrogens with two attached hydrogens (primary N) is 1. The summed E-state index contributed by atoms with van der Waals surface area (Å²) in [6, 6.07) is 0. The lowest BCUT2D eigenvalue weighted by molar-refractivity contribution is -0.121. The van der Waals surface area contributed by atoms with E-state index in [4.69, 9.17) is 5.73 Å². The molecule has 0 aliphatic carbocycles. The molecule has 0 aliphatic rings. The summed E-state index contributed by atoms with van der Waals surface area (Å²) in [6.07, 6.45) is 2.82. The van der Waals surface area contributed by atoms with Gasteiger partial charge in [-0.05, 0) is 24.3 Å². The Morgan fingerprint density at radius 3 is 2.25 bits per heavy atom. The number of rotatable bonds is 10. The van der Waals surface area contributed by atoms with Crippen molar-refractivity contribution < 1.29 is 4.79 Å². The molecule has 0 aromatic rings. The van der Waals surface area contributed by atoms with Crippen molar-refractivity contribution in [1.82, 2.24) is 10.2 Å². The standard InChI is InChI=1S/C16H35N3O/c1-7-15(2,3)12-16(4,5)13-18-14(20)8-10-19(6)11-9-17/h7-13,17H2,1-6H3,(H,18,20). The van der Waals surface area contributed by atoms with Gasteiger partial charge in [-0.3, -0.25) is 4.79 Å². The van der Waals surface area contributed by atoms with Crippen molar-refractivity contribution in [2.24, 2.45) is 16.6 Å². The van der Waals surface area contributed by atoms with Gasteiger partial charge in [-0.1, -0.05) is 41.0 Å². The highest BCUT2D eigenvalue weighted by Gasteiger charge is 2.27. The van der Waals surface area contributed by atoms with Gasteiger partial charge in [-0.25, -0.2) is 0 Å². The number of hydrogen-bond donors (Lipinski definition) is 2. The molecule has 0 heterocycles. The highest BCUT2D eigenvalue weighted by atomic mass is 16.1. The second-order valence-corrected chi connectivity index (χ2v) is 7.48. The lowest BCUT2D eigenvalue weighted by Gasteiger charge is -2.34. The number of carbonyl (C=O) groups is 1. The van der Waals surface area contributed by atoms with Gasteiger partial charge in [-0.15, -0.1) is 0 Å². The maximum Gasteiger partial charge on any atom is 0.221 e. The third kappa shape index (κ3) is 9.32. The zero-order chi connectivity index (χ0) is 15.8. The second-order valence-electron chi connectivity index (χ2n) is 7.48. The highest BCUT2D eigenvalue weighted by Crippen LogP contribution is 2.35. The van der Waals surface area contributed by atoms with Gasteiger partial charge >= 0.3 is 0 Å². The molecule has 0 saturated carbocycles. The van der Waals surface area contributed by atoms with E-state index in [-0.39, 0.29) is 11.3 Å². The second kappa shape index (κ2) is 8.63. The normalized spacial score (nSPS) is 12.8. The lowest BCUT2D eigenvalue weighted by atomic mass is 9.73. The first-order valence-electron chi connectivity index (χ1n) is 7.77. The molecule has 0 bridgehead atoms. The Labute approximate surface area is 125 Å². The molecule has 4 nitrogen and oxygen atoms in total. The van der Waals surface area contributed by atoms with Gasteiger partial charge in [0.05, 0.1) is 0 Å². The van der Waals surface area contributed by atoms with Gasteiger partial charge in [-0.2, -0.15) is 0 Å². The monoisotopic (exact) mass is 285 g/mol. The third-order valence-electron chi connectivity index (χ3n) is 3.91. The van der Waals surface area contributed by atoms with E-state index < -0.39 is 0 Å². The fourth-order valence-corrected chi connectivity index (χ4v) is 2.53. The zero-order valence-corrected chi connectivity index (χ0v) is 14.4. The van der Waals surface area contributed by atoms with Crippen molar-refractivity contribution in [1.29, 1.82) is 0 Å². The molecular weight excluding hydrogens is 250 g/mol. The van der Waals surface area contributed by atoms with E-state index in [9.17, 15) is 4.79 Å². The molecule has 4 heteroatoms. The molecular formula is C16H35N3O. The highest BCUT2D eigenvalue weighted by molar-refractivity contribution is 5.76. The van der Waals surface area contributed by atoms with Crippen molar-refractivity contribution in [2.75, 3.05) is 33.2 Å². The van der Waals surface area contributed by atoms with E-state index in [2.05, 4.69) is 44.8 Å². The minimum Gasteiger partial charge on any atom is -0.356 e. The van der Waals surface area contributed by atoms with Crippen LogP contribution in [0.1, 0.15) is 53.9 Å². The smallest absolute Gasteiger partial charge is 0.221 e. The summed E-state index contributed by atoms with van der Waals surface area (Å²) < 4.78 is 0. The van der Waals surface area contributed by atoms with Crippen LogP contribution < -0.4 is 11.1 Å². The van der Waals surface area contributed by atoms with Crippen LogP contribution in [0.15, 0.2) is 0 Å². The van der Waals surface area contributed by atoms with Crippen molar-refractivity contribution in [3.63, 3.8) is 0 Å². The predicted octanol–water partition coefficient (Wildman–Crippen LogP) is 2.24. The molecule has 0 saturated heterocycles. The van der Waals surface area contributed by atoms with Crippen LogP contribution in [-0.2, 0) is 4.79 Å². The Morgan fingerprint density at radius 2 is 1.75 bits per heavy atom. The van der Waals surface area contributed by atoms with E-state index >= 15 is 0 Å². The fraction of sp³-hybridized carbons (Fsp3) is 0.938. The molecule has 120 valence electrons. The number of likely N-dealkylation sites (N-methyl/N-ethyl adjacent to an activating group) is 1. The van der Waals surface area contributed by atoms with Gasteiger partial charge < -0.3 is 16.0 Å². The molecule has 0 aromatic heterocycles. The summed E-state index contributed by atoms with van der Waals surface area (Å²) in [5.41, 5.74) is 5.95. The van der Waals surface area contributed by atoms with Crippen LogP contribution in [0.3, 0.4) is 0 Å². The number of hydrogen-bond acceptors (Lipinski definition) is 3. The number of carbonyl (C=O) groups excluding carboxylic acids is 1. The summed E-state index contributed by atoms with van der Waals surface area (Å²) in [6.45, 7) is 14.2. The first kappa shape index (κ1) is 19.4. The summed E-state index contributed by atoms with van der Waals surface area (Å²) in [5.74, 6) is 0.135. The first-order chi connectivity index (χ1) is 9.12. The van der Waals surface area contributed by atoms with Crippen LogP contribution in [0.5, 0.6) is 0 Å². The topological polar surface area (TPSA) is 58.4 Å². The summed E-state index contributed by atoms with van der Waals surface area (Å²) in [4.78, 5) is 14.0. The van der Waals surface area contributed by atoms with Gasteiger partial charge in [0, 0.05) is 32.6 Å². The average Bonchev–Trinajstić information content (AvgIpc) is 2.33. The molecule has 0 rings (SSSR count). The van der Waals surface area contributed by atoms with E-state index in [1.165, 1.54) is 0 Å². The molecule has 0 unspecified atom stereocenters. The Hall–Kier alpha value is -0.610. The molecule has 0 atom stereocenters. The Bertz CT molecular complexity index is 287. The molecule has 3 N–H and O–H groups in total. The van der Waals surface area contributed by atoms with Crippen LogP contribution in [0.25, 0.3) is 0 Å². The van der Waals surface area contributed by atoms with Crippen LogP contribution in [0.4, 0.5) is 0 Å². The molecule has 0 spiro atoms. The van der Waals surface area contributed by atoms with Crippen LogP contribution in [0.2, 0.25) is 0 Å². The predicted molar refractivity (Wildman–Crippen MR) is 86.6 cm³/mol. The van der Waals surface area contributed by atoms with Gasteiger partial charge in [0.25, 0.3) is 0 Å². The largest absolute Gasteiger partial charge is 0.356 e. The molecule has 0 aromatic carbocycles. The zero-order valence-electron chi connectivity index (χ0n) is 14.4. The molecule has 0 aliphatic heterocycles. The maximum absolute atomic E-state index is 11.9. The minimum atomic E-state index is 0.135. The molecule has 20 heavy (non-hydrogen) atoms. The average molecular weight is 285 g/mol. The van der Waals surface area contributed by atoms with E-state index in [1.807, 2.05) is 7.05 Å². The van der Waals surface area contributed by atoms with Gasteiger partial charge in [0.15, 0.2) is 0 Å². The van der Waals surface area contributed by atoms with Crippen molar-refractivity contribution in [3.8, 4) is 0 Å². The van der Waals surface area contributed by atoms with Crippen LogP contribution in [0, 0.1) is 10.8 Å². The molecule has 0 fully saturated rings. The van der Waals surface area contributed by atoms with E-state index in [0.29, 0.717) is 18.4 Å². The summed E-state index contributed by atoms with van der Waals surface area (Å²) in [7, 11) is 1.99. The number of nitrogens with one attached hydrogen (secondary N) is 1. The van der Waals surface area contributed by atoms with Gasteiger partial charge in [0.1, 0.15) is 0 Å². The quantitative estimate of drug-likeness (QED) is 0.647. The fourth-order valence-electron chi connectivity index (χ4n) is 2.53. The van der Waals surface area contributed by atoms with E-state index in [0.717, 1.165) is 32.5 Å². The Kier molecular flexibility index (Phi) is 8.36. The number of nitrogens with zero attached hydrogens (tertiary/aromatic N) is 1. The van der Waals surface area contributed by atoms with Crippen LogP contribution >= 0.6 is 0 Å². The summed E-state index contributed by atoms with van der Waals surface area (Å²) in [5, 5.41) is 3.07. The van der Waals surface area contributed by atoms with Crippen molar-refractivity contribution >= 4 is 5.91 Å². The van der Waals surface area contributed by atoms with Crippen LogP contribution in [-0.4, -0.2) is 44.0 Å². The van der Waals surface area contributed by atoms with Crippen molar-refractivity contribution in [3.05, 3.63) is 0 Å². The SMILES string of the molecule is CCC(C)(C)CC(C)(C)CNC(=O)CCN(C)CCN. The first-order valence-corrected chi connectivity index (χ1v) is 7.77. The maximum atomic E-state index is 11.9. The Balaban J connectivity index is 4.04. The number of amides is 1. The summed E-state index contributed by atoms with van der Waals surface area (Å²) >= 11 is 0. The Morgan fingerprint density at radius 1 is 1.15 bits per heavy atom.